The third-order valence-corrected chi connectivity index (χ3v) is 6.51. The van der Waals surface area contributed by atoms with Crippen LogP contribution in [0.15, 0.2) is 29.2 Å². The summed E-state index contributed by atoms with van der Waals surface area (Å²) in [6.45, 7) is -0.958. The second kappa shape index (κ2) is 8.44. The largest absolute Gasteiger partial charge is 0.481 e. The average molecular weight is 400 g/mol. The van der Waals surface area contributed by atoms with Crippen molar-refractivity contribution in [3.8, 4) is 0 Å². The van der Waals surface area contributed by atoms with Gasteiger partial charge in [-0.3, -0.25) is 19.7 Å². The van der Waals surface area contributed by atoms with E-state index in [0.717, 1.165) is 16.4 Å². The molecule has 0 aliphatic heterocycles. The van der Waals surface area contributed by atoms with E-state index in [1.165, 1.54) is 12.1 Å². The van der Waals surface area contributed by atoms with Gasteiger partial charge in [0.15, 0.2) is 4.90 Å². The minimum absolute atomic E-state index is 0.132. The van der Waals surface area contributed by atoms with Crippen LogP contribution in [0.2, 0.25) is 0 Å². The Morgan fingerprint density at radius 1 is 1.15 bits per heavy atom. The maximum atomic E-state index is 12.9. The van der Waals surface area contributed by atoms with Gasteiger partial charge in [0, 0.05) is 12.6 Å². The summed E-state index contributed by atoms with van der Waals surface area (Å²) in [5.41, 5.74) is -0.623. The van der Waals surface area contributed by atoms with Crippen molar-refractivity contribution in [2.24, 2.45) is 11.8 Å². The number of nitro groups is 1. The van der Waals surface area contributed by atoms with Crippen LogP contribution >= 0.6 is 0 Å². The number of sulfonamides is 1. The van der Waals surface area contributed by atoms with Gasteiger partial charge in [-0.1, -0.05) is 12.1 Å². The van der Waals surface area contributed by atoms with Crippen molar-refractivity contribution >= 4 is 27.6 Å². The molecule has 11 heteroatoms. The molecule has 1 saturated carbocycles. The molecule has 0 spiro atoms. The lowest BCUT2D eigenvalue weighted by molar-refractivity contribution is -0.387. The zero-order valence-electron chi connectivity index (χ0n) is 14.4. The highest BCUT2D eigenvalue weighted by atomic mass is 32.2. The molecule has 1 aliphatic rings. The topological polar surface area (TPSA) is 155 Å². The van der Waals surface area contributed by atoms with Crippen molar-refractivity contribution in [3.63, 3.8) is 0 Å². The monoisotopic (exact) mass is 400 g/mol. The molecule has 0 amide bonds. The van der Waals surface area contributed by atoms with Crippen LogP contribution in [0.25, 0.3) is 0 Å². The highest BCUT2D eigenvalue weighted by Gasteiger charge is 2.35. The molecule has 10 nitrogen and oxygen atoms in total. The molecule has 148 valence electrons. The highest BCUT2D eigenvalue weighted by Crippen LogP contribution is 2.32. The minimum atomic E-state index is -4.41. The first-order chi connectivity index (χ1) is 12.6. The Kier molecular flexibility index (Phi) is 6.50. The summed E-state index contributed by atoms with van der Waals surface area (Å²) in [4.78, 5) is 32.0. The number of hydrogen-bond donors (Lipinski definition) is 2. The van der Waals surface area contributed by atoms with E-state index in [4.69, 9.17) is 10.2 Å². The third-order valence-electron chi connectivity index (χ3n) is 4.65. The molecule has 0 radical (unpaired) electrons. The molecule has 0 unspecified atom stereocenters. The number of carbonyl (C=O) groups is 2. The Morgan fingerprint density at radius 3 is 2.26 bits per heavy atom. The maximum absolute atomic E-state index is 12.9. The van der Waals surface area contributed by atoms with Gasteiger partial charge in [-0.2, -0.15) is 4.31 Å². The summed E-state index contributed by atoms with van der Waals surface area (Å²) in [7, 11) is -4.41. The van der Waals surface area contributed by atoms with E-state index in [1.54, 1.807) is 0 Å². The third kappa shape index (κ3) is 5.01. The summed E-state index contributed by atoms with van der Waals surface area (Å²) < 4.78 is 26.5. The number of hydrogen-bond acceptors (Lipinski definition) is 6. The SMILES string of the molecule is O=C(O)CN(C[C@H]1CC[C@H](C(=O)O)CC1)S(=O)(=O)c1ccccc1[N+](=O)[O-]. The second-order valence-electron chi connectivity index (χ2n) is 6.47. The van der Waals surface area contributed by atoms with Gasteiger partial charge in [0.2, 0.25) is 10.0 Å². The van der Waals surface area contributed by atoms with Crippen molar-refractivity contribution in [1.82, 2.24) is 4.31 Å². The number of carboxylic acids is 2. The van der Waals surface area contributed by atoms with E-state index in [0.29, 0.717) is 25.7 Å². The van der Waals surface area contributed by atoms with Gasteiger partial charge in [-0.05, 0) is 37.7 Å². The molecule has 0 atom stereocenters. The molecule has 0 heterocycles. The second-order valence-corrected chi connectivity index (χ2v) is 8.38. The quantitative estimate of drug-likeness (QED) is 0.492. The molecule has 0 saturated heterocycles. The Morgan fingerprint density at radius 2 is 1.74 bits per heavy atom. The molecule has 1 fully saturated rings. The molecule has 0 bridgehead atoms. The maximum Gasteiger partial charge on any atom is 0.318 e. The highest BCUT2D eigenvalue weighted by molar-refractivity contribution is 7.89. The molecule has 1 aromatic carbocycles. The summed E-state index contributed by atoms with van der Waals surface area (Å²) >= 11 is 0. The summed E-state index contributed by atoms with van der Waals surface area (Å²) in [6.07, 6.45) is 1.65. The van der Waals surface area contributed by atoms with Gasteiger partial charge in [0.05, 0.1) is 10.8 Å². The number of carboxylic acid groups (broad SMARTS) is 2. The van der Waals surface area contributed by atoms with Gasteiger partial charge in [0.25, 0.3) is 5.69 Å². The lowest BCUT2D eigenvalue weighted by Gasteiger charge is -2.30. The number of nitrogens with zero attached hydrogens (tertiary/aromatic N) is 2. The van der Waals surface area contributed by atoms with Crippen molar-refractivity contribution in [3.05, 3.63) is 34.4 Å². The molecule has 2 N–H and O–H groups in total. The number of para-hydroxylation sites is 1. The van der Waals surface area contributed by atoms with Crippen LogP contribution in [0, 0.1) is 22.0 Å². The summed E-state index contributed by atoms with van der Waals surface area (Å²) in [5, 5.41) is 29.3. The van der Waals surface area contributed by atoms with Crippen LogP contribution in [0.3, 0.4) is 0 Å². The zero-order chi connectivity index (χ0) is 20.2. The van der Waals surface area contributed by atoms with E-state index in [2.05, 4.69) is 0 Å². The Balaban J connectivity index is 2.27. The van der Waals surface area contributed by atoms with E-state index in [-0.39, 0.29) is 12.5 Å². The van der Waals surface area contributed by atoms with Crippen LogP contribution in [0.5, 0.6) is 0 Å². The van der Waals surface area contributed by atoms with Gasteiger partial charge in [0.1, 0.15) is 6.54 Å². The van der Waals surface area contributed by atoms with Crippen LogP contribution in [0.4, 0.5) is 5.69 Å². The van der Waals surface area contributed by atoms with E-state index < -0.39 is 49.9 Å². The Hall–Kier alpha value is -2.53. The van der Waals surface area contributed by atoms with Crippen molar-refractivity contribution < 1.29 is 33.1 Å². The van der Waals surface area contributed by atoms with Crippen LogP contribution in [0.1, 0.15) is 25.7 Å². The fourth-order valence-electron chi connectivity index (χ4n) is 3.24. The number of nitro benzene ring substituents is 1. The minimum Gasteiger partial charge on any atom is -0.481 e. The zero-order valence-corrected chi connectivity index (χ0v) is 15.2. The number of rotatable bonds is 8. The van der Waals surface area contributed by atoms with Crippen molar-refractivity contribution in [2.45, 2.75) is 30.6 Å². The fourth-order valence-corrected chi connectivity index (χ4v) is 4.87. The molecular formula is C16H20N2O8S. The van der Waals surface area contributed by atoms with E-state index >= 15 is 0 Å². The van der Waals surface area contributed by atoms with Gasteiger partial charge >= 0.3 is 11.9 Å². The predicted octanol–water partition coefficient (Wildman–Crippen LogP) is 1.56. The van der Waals surface area contributed by atoms with Gasteiger partial charge in [-0.25, -0.2) is 8.42 Å². The van der Waals surface area contributed by atoms with Crippen LogP contribution in [-0.4, -0.2) is 52.9 Å². The Labute approximate surface area is 155 Å². The predicted molar refractivity (Wildman–Crippen MR) is 92.6 cm³/mol. The first-order valence-electron chi connectivity index (χ1n) is 8.31. The van der Waals surface area contributed by atoms with E-state index in [1.807, 2.05) is 0 Å². The average Bonchev–Trinajstić information content (AvgIpc) is 2.61. The first kappa shape index (κ1) is 20.8. The van der Waals surface area contributed by atoms with E-state index in [9.17, 15) is 28.1 Å². The molecular weight excluding hydrogens is 380 g/mol. The van der Waals surface area contributed by atoms with Gasteiger partial charge < -0.3 is 10.2 Å². The molecule has 0 aromatic heterocycles. The molecule has 27 heavy (non-hydrogen) atoms. The smallest absolute Gasteiger partial charge is 0.318 e. The van der Waals surface area contributed by atoms with Crippen LogP contribution < -0.4 is 0 Å². The standard InChI is InChI=1S/C16H20N2O8S/c19-15(20)10-17(9-11-5-7-12(8-6-11)16(21)22)27(25,26)14-4-2-1-3-13(14)18(23)24/h1-4,11-12H,5-10H2,(H,19,20)(H,21,22)/t11-,12-. The van der Waals surface area contributed by atoms with Crippen molar-refractivity contribution in [2.75, 3.05) is 13.1 Å². The number of benzene rings is 1. The summed E-state index contributed by atoms with van der Waals surface area (Å²) in [5.74, 6) is -2.97. The van der Waals surface area contributed by atoms with Gasteiger partial charge in [-0.15, -0.1) is 0 Å². The normalized spacial score (nSPS) is 20.3. The summed E-state index contributed by atoms with van der Waals surface area (Å²) in [6, 6.07) is 4.77. The lowest BCUT2D eigenvalue weighted by Crippen LogP contribution is -2.40. The molecule has 1 aliphatic carbocycles. The lowest BCUT2D eigenvalue weighted by atomic mass is 9.82. The van der Waals surface area contributed by atoms with Crippen LogP contribution in [-0.2, 0) is 19.6 Å². The molecule has 1 aromatic rings. The Bertz CT molecular complexity index is 831. The van der Waals surface area contributed by atoms with Crippen molar-refractivity contribution in [1.29, 1.82) is 0 Å². The number of aliphatic carboxylic acids is 2. The first-order valence-corrected chi connectivity index (χ1v) is 9.75. The fraction of sp³-hybridized carbons (Fsp3) is 0.500. The molecule has 2 rings (SSSR count).